The van der Waals surface area contributed by atoms with Gasteiger partial charge in [0.15, 0.2) is 11.5 Å². The lowest BCUT2D eigenvalue weighted by Crippen LogP contribution is -2.22. The van der Waals surface area contributed by atoms with Gasteiger partial charge in [-0.3, -0.25) is 4.79 Å². The zero-order valence-corrected chi connectivity index (χ0v) is 18.8. The molecule has 33 heavy (non-hydrogen) atoms. The number of carbonyl (C=O) groups excluding carboxylic acids is 1. The average Bonchev–Trinajstić information content (AvgIpc) is 3.26. The molecular weight excluding hydrogens is 463 g/mol. The van der Waals surface area contributed by atoms with Gasteiger partial charge >= 0.3 is 6.18 Å². The summed E-state index contributed by atoms with van der Waals surface area (Å²) >= 11 is 0.962. The second-order valence-electron chi connectivity index (χ2n) is 6.62. The van der Waals surface area contributed by atoms with E-state index in [0.717, 1.165) is 23.9 Å². The van der Waals surface area contributed by atoms with Crippen molar-refractivity contribution >= 4 is 23.4 Å². The fourth-order valence-corrected chi connectivity index (χ4v) is 3.48. The molecule has 3 aromatic rings. The summed E-state index contributed by atoms with van der Waals surface area (Å²) in [6.07, 6.45) is -4.51. The Bertz CT molecular complexity index is 1110. The number of nitrogens with one attached hydrogen (secondary N) is 1. The second kappa shape index (κ2) is 10.0. The second-order valence-corrected chi connectivity index (χ2v) is 7.91. The summed E-state index contributed by atoms with van der Waals surface area (Å²) in [5.74, 6) is 0.827. The molecule has 0 saturated carbocycles. The first-order valence-corrected chi connectivity index (χ1v) is 10.3. The van der Waals surface area contributed by atoms with Crippen molar-refractivity contribution in [1.29, 1.82) is 0 Å². The lowest BCUT2D eigenvalue weighted by molar-refractivity contribution is -0.137. The van der Waals surface area contributed by atoms with E-state index in [9.17, 15) is 18.0 Å². The number of hydrogen-bond donors (Lipinski definition) is 1. The Kier molecular flexibility index (Phi) is 7.36. The van der Waals surface area contributed by atoms with Gasteiger partial charge in [0, 0.05) is 11.3 Å². The molecular formula is C21H20F3N3O5S. The highest BCUT2D eigenvalue weighted by atomic mass is 32.2. The van der Waals surface area contributed by atoms with E-state index < -0.39 is 22.9 Å². The van der Waals surface area contributed by atoms with Crippen LogP contribution in [0.15, 0.2) is 46.0 Å². The maximum Gasteiger partial charge on any atom is 0.416 e. The van der Waals surface area contributed by atoms with Gasteiger partial charge in [0.25, 0.3) is 5.22 Å². The molecule has 0 aliphatic rings. The number of nitrogens with zero attached hydrogens (tertiary/aromatic N) is 2. The highest BCUT2D eigenvalue weighted by molar-refractivity contribution is 8.00. The molecule has 0 bridgehead atoms. The Morgan fingerprint density at radius 3 is 2.30 bits per heavy atom. The number of ether oxygens (including phenoxy) is 3. The number of carbonyl (C=O) groups is 1. The Labute approximate surface area is 191 Å². The van der Waals surface area contributed by atoms with Crippen LogP contribution < -0.4 is 19.5 Å². The van der Waals surface area contributed by atoms with Crippen molar-refractivity contribution in [2.45, 2.75) is 23.6 Å². The average molecular weight is 483 g/mol. The van der Waals surface area contributed by atoms with Gasteiger partial charge in [-0.1, -0.05) is 17.8 Å². The Hall–Kier alpha value is -3.41. The van der Waals surface area contributed by atoms with E-state index in [1.54, 1.807) is 19.1 Å². The molecule has 1 amide bonds. The van der Waals surface area contributed by atoms with Gasteiger partial charge in [-0.25, -0.2) is 0 Å². The van der Waals surface area contributed by atoms with E-state index >= 15 is 0 Å². The molecule has 1 heterocycles. The van der Waals surface area contributed by atoms with Gasteiger partial charge in [0.2, 0.25) is 17.5 Å². The normalized spacial score (nSPS) is 12.2. The summed E-state index contributed by atoms with van der Waals surface area (Å²) in [5, 5.41) is 9.74. The molecule has 8 nitrogen and oxygen atoms in total. The van der Waals surface area contributed by atoms with Gasteiger partial charge in [0.1, 0.15) is 0 Å². The molecule has 1 unspecified atom stereocenters. The SMILES string of the molecule is COc1cc(-c2nnc(SC(C)C(=O)Nc3cccc(C(F)(F)F)c3)o2)cc(OC)c1OC. The van der Waals surface area contributed by atoms with Crippen LogP contribution in [0.1, 0.15) is 12.5 Å². The lowest BCUT2D eigenvalue weighted by atomic mass is 10.2. The van der Waals surface area contributed by atoms with Gasteiger partial charge in [0.05, 0.1) is 32.1 Å². The van der Waals surface area contributed by atoms with Crippen LogP contribution in [0.4, 0.5) is 18.9 Å². The zero-order valence-electron chi connectivity index (χ0n) is 18.0. The number of rotatable bonds is 8. The summed E-state index contributed by atoms with van der Waals surface area (Å²) in [5.41, 5.74) is -0.316. The quantitative estimate of drug-likeness (QED) is 0.452. The number of alkyl halides is 3. The number of benzene rings is 2. The number of anilines is 1. The lowest BCUT2D eigenvalue weighted by Gasteiger charge is -2.13. The number of amides is 1. The Morgan fingerprint density at radius 2 is 1.73 bits per heavy atom. The molecule has 1 N–H and O–H groups in total. The predicted octanol–water partition coefficient (Wildman–Crippen LogP) is 4.90. The van der Waals surface area contributed by atoms with E-state index in [1.165, 1.54) is 33.5 Å². The topological polar surface area (TPSA) is 95.7 Å². The number of hydrogen-bond acceptors (Lipinski definition) is 8. The third-order valence-corrected chi connectivity index (χ3v) is 5.36. The third kappa shape index (κ3) is 5.69. The highest BCUT2D eigenvalue weighted by Gasteiger charge is 2.30. The van der Waals surface area contributed by atoms with Crippen molar-refractivity contribution in [2.75, 3.05) is 26.6 Å². The van der Waals surface area contributed by atoms with E-state index in [0.29, 0.717) is 22.8 Å². The maximum absolute atomic E-state index is 12.9. The fourth-order valence-electron chi connectivity index (χ4n) is 2.80. The molecule has 3 rings (SSSR count). The number of thioether (sulfide) groups is 1. The molecule has 0 saturated heterocycles. The minimum Gasteiger partial charge on any atom is -0.493 e. The van der Waals surface area contributed by atoms with Crippen molar-refractivity contribution in [3.05, 3.63) is 42.0 Å². The van der Waals surface area contributed by atoms with Gasteiger partial charge < -0.3 is 23.9 Å². The molecule has 0 radical (unpaired) electrons. The van der Waals surface area contributed by atoms with Crippen LogP contribution >= 0.6 is 11.8 Å². The minimum absolute atomic E-state index is 0.0333. The number of aromatic nitrogens is 2. The number of halogens is 3. The van der Waals surface area contributed by atoms with Gasteiger partial charge in [-0.15, -0.1) is 10.2 Å². The van der Waals surface area contributed by atoms with E-state index in [-0.39, 0.29) is 16.8 Å². The predicted molar refractivity (Wildman–Crippen MR) is 115 cm³/mol. The van der Waals surface area contributed by atoms with E-state index in [1.807, 2.05) is 0 Å². The summed E-state index contributed by atoms with van der Waals surface area (Å²) in [6, 6.07) is 7.65. The van der Waals surface area contributed by atoms with Crippen LogP contribution in [0.25, 0.3) is 11.5 Å². The van der Waals surface area contributed by atoms with Crippen LogP contribution in [0.3, 0.4) is 0 Å². The van der Waals surface area contributed by atoms with Crippen LogP contribution in [-0.2, 0) is 11.0 Å². The van der Waals surface area contributed by atoms with Gasteiger partial charge in [-0.2, -0.15) is 13.2 Å². The summed E-state index contributed by atoms with van der Waals surface area (Å²) in [6.45, 7) is 1.57. The molecule has 2 aromatic carbocycles. The minimum atomic E-state index is -4.51. The molecule has 0 aliphatic heterocycles. The summed E-state index contributed by atoms with van der Waals surface area (Å²) in [4.78, 5) is 12.4. The standard InChI is InChI=1S/C21H20F3N3O5S/c1-11(18(28)25-14-7-5-6-13(10-14)21(22,23)24)33-20-27-26-19(32-20)12-8-15(29-2)17(31-4)16(9-12)30-3/h5-11H,1-4H3,(H,25,28). The van der Waals surface area contributed by atoms with Crippen molar-refractivity contribution in [3.63, 3.8) is 0 Å². The van der Waals surface area contributed by atoms with Crippen molar-refractivity contribution in [1.82, 2.24) is 10.2 Å². The monoisotopic (exact) mass is 483 g/mol. The maximum atomic E-state index is 12.9. The fraction of sp³-hybridized carbons (Fsp3) is 0.286. The van der Waals surface area contributed by atoms with Crippen LogP contribution in [-0.4, -0.2) is 42.7 Å². The molecule has 12 heteroatoms. The molecule has 0 fully saturated rings. The van der Waals surface area contributed by atoms with Crippen LogP contribution in [0, 0.1) is 0 Å². The van der Waals surface area contributed by atoms with Crippen molar-refractivity contribution in [3.8, 4) is 28.7 Å². The first-order valence-electron chi connectivity index (χ1n) is 9.45. The van der Waals surface area contributed by atoms with E-state index in [2.05, 4.69) is 15.5 Å². The Balaban J connectivity index is 1.72. The summed E-state index contributed by atoms with van der Waals surface area (Å²) < 4.78 is 60.1. The molecule has 0 aliphatic carbocycles. The third-order valence-electron chi connectivity index (χ3n) is 4.42. The first-order chi connectivity index (χ1) is 15.7. The first kappa shape index (κ1) is 24.2. The van der Waals surface area contributed by atoms with Crippen LogP contribution in [0.5, 0.6) is 17.2 Å². The van der Waals surface area contributed by atoms with Gasteiger partial charge in [-0.05, 0) is 37.3 Å². The van der Waals surface area contributed by atoms with Crippen molar-refractivity contribution in [2.24, 2.45) is 0 Å². The van der Waals surface area contributed by atoms with Crippen LogP contribution in [0.2, 0.25) is 0 Å². The van der Waals surface area contributed by atoms with E-state index in [4.69, 9.17) is 18.6 Å². The smallest absolute Gasteiger partial charge is 0.416 e. The summed E-state index contributed by atoms with van der Waals surface area (Å²) in [7, 11) is 4.43. The zero-order chi connectivity index (χ0) is 24.2. The molecule has 1 atom stereocenters. The Morgan fingerprint density at radius 1 is 1.06 bits per heavy atom. The molecule has 176 valence electrons. The molecule has 0 spiro atoms. The van der Waals surface area contributed by atoms with Crippen molar-refractivity contribution < 1.29 is 36.6 Å². The number of methoxy groups -OCH3 is 3. The largest absolute Gasteiger partial charge is 0.493 e. The highest BCUT2D eigenvalue weighted by Crippen LogP contribution is 2.41. The molecule has 1 aromatic heterocycles.